The van der Waals surface area contributed by atoms with Gasteiger partial charge in [-0.3, -0.25) is 9.59 Å². The highest BCUT2D eigenvalue weighted by Gasteiger charge is 2.45. The first-order valence-electron chi connectivity index (χ1n) is 11.0. The van der Waals surface area contributed by atoms with E-state index in [1.54, 1.807) is 26.0 Å². The minimum Gasteiger partial charge on any atom is -0.325 e. The number of rotatable bonds is 5. The Bertz CT molecular complexity index is 1190. The maximum atomic E-state index is 13.2. The van der Waals surface area contributed by atoms with Crippen LogP contribution < -0.4 is 10.2 Å². The first-order valence-corrected chi connectivity index (χ1v) is 12.5. The lowest BCUT2D eigenvalue weighted by molar-refractivity contribution is -0.124. The van der Waals surface area contributed by atoms with Crippen LogP contribution in [-0.2, 0) is 25.0 Å². The molecule has 2 aromatic carbocycles. The molecule has 2 heterocycles. The summed E-state index contributed by atoms with van der Waals surface area (Å²) in [5.74, 6) is -0.829. The Labute approximate surface area is 193 Å². The van der Waals surface area contributed by atoms with E-state index in [0.717, 1.165) is 12.8 Å². The minimum absolute atomic E-state index is 0.161. The molecule has 4 rings (SSSR count). The molecule has 176 valence electrons. The summed E-state index contributed by atoms with van der Waals surface area (Å²) in [7, 11) is -3.68. The summed E-state index contributed by atoms with van der Waals surface area (Å²) in [5.41, 5.74) is 0.537. The standard InChI is InChI=1S/C24H28FN3O4S/c1-16-5-4-12-27(14-16)33(31,32)19-10-11-21-20(13-19)24(2,3)23(30)28(21)15-22(29)26-18-8-6-17(25)7-9-18/h6-11,13,16H,4-5,12,14-15H2,1-3H3,(H,26,29). The zero-order valence-corrected chi connectivity index (χ0v) is 19.8. The summed E-state index contributed by atoms with van der Waals surface area (Å²) >= 11 is 0. The lowest BCUT2D eigenvalue weighted by Crippen LogP contribution is -2.40. The fourth-order valence-corrected chi connectivity index (χ4v) is 6.15. The van der Waals surface area contributed by atoms with Crippen LogP contribution in [0.2, 0.25) is 0 Å². The first kappa shape index (κ1) is 23.4. The van der Waals surface area contributed by atoms with Gasteiger partial charge in [0.25, 0.3) is 0 Å². The number of piperidine rings is 1. The van der Waals surface area contributed by atoms with Crippen LogP contribution in [0, 0.1) is 11.7 Å². The average molecular weight is 474 g/mol. The summed E-state index contributed by atoms with van der Waals surface area (Å²) < 4.78 is 41.1. The van der Waals surface area contributed by atoms with Crippen molar-refractivity contribution in [3.63, 3.8) is 0 Å². The SMILES string of the molecule is CC1CCCN(S(=O)(=O)c2ccc3c(c2)C(C)(C)C(=O)N3CC(=O)Nc2ccc(F)cc2)C1. The Hall–Kier alpha value is -2.78. The van der Waals surface area contributed by atoms with Crippen LogP contribution in [0.15, 0.2) is 47.4 Å². The number of nitrogens with zero attached hydrogens (tertiary/aromatic N) is 2. The number of benzene rings is 2. The molecule has 9 heteroatoms. The molecular weight excluding hydrogens is 445 g/mol. The Kier molecular flexibility index (Phi) is 6.05. The molecule has 2 aliphatic rings. The van der Waals surface area contributed by atoms with E-state index >= 15 is 0 Å². The van der Waals surface area contributed by atoms with Gasteiger partial charge in [-0.05, 0) is 80.6 Å². The quantitative estimate of drug-likeness (QED) is 0.720. The molecule has 0 saturated carbocycles. The molecule has 0 radical (unpaired) electrons. The normalized spacial score (nSPS) is 20.5. The van der Waals surface area contributed by atoms with Crippen LogP contribution in [0.3, 0.4) is 0 Å². The number of nitrogens with one attached hydrogen (secondary N) is 1. The summed E-state index contributed by atoms with van der Waals surface area (Å²) in [6.07, 6.45) is 1.83. The van der Waals surface area contributed by atoms with Crippen LogP contribution in [0.5, 0.6) is 0 Å². The van der Waals surface area contributed by atoms with E-state index in [2.05, 4.69) is 5.32 Å². The van der Waals surface area contributed by atoms with Gasteiger partial charge in [-0.1, -0.05) is 6.92 Å². The molecule has 1 fully saturated rings. The van der Waals surface area contributed by atoms with Crippen LogP contribution in [0.25, 0.3) is 0 Å². The van der Waals surface area contributed by atoms with Crippen molar-refractivity contribution in [2.45, 2.75) is 43.9 Å². The zero-order chi connectivity index (χ0) is 24.0. The van der Waals surface area contributed by atoms with Crippen molar-refractivity contribution in [3.8, 4) is 0 Å². The van der Waals surface area contributed by atoms with Gasteiger partial charge < -0.3 is 10.2 Å². The number of anilines is 2. The van der Waals surface area contributed by atoms with Crippen LogP contribution in [0.4, 0.5) is 15.8 Å². The Morgan fingerprint density at radius 1 is 1.18 bits per heavy atom. The molecule has 7 nitrogen and oxygen atoms in total. The lowest BCUT2D eigenvalue weighted by Gasteiger charge is -2.30. The van der Waals surface area contributed by atoms with E-state index in [0.29, 0.717) is 35.9 Å². The number of hydrogen-bond donors (Lipinski definition) is 1. The second-order valence-corrected chi connectivity index (χ2v) is 11.3. The van der Waals surface area contributed by atoms with E-state index in [-0.39, 0.29) is 17.3 Å². The maximum absolute atomic E-state index is 13.2. The molecular formula is C24H28FN3O4S. The van der Waals surface area contributed by atoms with E-state index in [1.165, 1.54) is 39.5 Å². The molecule has 0 aliphatic carbocycles. The van der Waals surface area contributed by atoms with Gasteiger partial charge in [-0.2, -0.15) is 4.31 Å². The van der Waals surface area contributed by atoms with Crippen molar-refractivity contribution in [3.05, 3.63) is 53.8 Å². The Morgan fingerprint density at radius 2 is 1.88 bits per heavy atom. The monoisotopic (exact) mass is 473 g/mol. The van der Waals surface area contributed by atoms with Crippen molar-refractivity contribution in [2.24, 2.45) is 5.92 Å². The number of fused-ring (bicyclic) bond motifs is 1. The number of halogens is 1. The average Bonchev–Trinajstić information content (AvgIpc) is 2.95. The van der Waals surface area contributed by atoms with Crippen molar-refractivity contribution < 1.29 is 22.4 Å². The summed E-state index contributed by atoms with van der Waals surface area (Å²) in [6.45, 7) is 6.24. The molecule has 1 saturated heterocycles. The highest BCUT2D eigenvalue weighted by Crippen LogP contribution is 2.43. The van der Waals surface area contributed by atoms with Gasteiger partial charge in [0.15, 0.2) is 0 Å². The third-order valence-electron chi connectivity index (χ3n) is 6.40. The van der Waals surface area contributed by atoms with Crippen molar-refractivity contribution in [1.29, 1.82) is 0 Å². The zero-order valence-electron chi connectivity index (χ0n) is 19.0. The Balaban J connectivity index is 1.59. The van der Waals surface area contributed by atoms with Crippen molar-refractivity contribution in [2.75, 3.05) is 29.9 Å². The predicted octanol–water partition coefficient (Wildman–Crippen LogP) is 3.51. The minimum atomic E-state index is -3.68. The molecule has 2 amide bonds. The van der Waals surface area contributed by atoms with Gasteiger partial charge in [0.05, 0.1) is 10.3 Å². The van der Waals surface area contributed by atoms with Crippen LogP contribution >= 0.6 is 0 Å². The Morgan fingerprint density at radius 3 is 2.55 bits per heavy atom. The highest BCUT2D eigenvalue weighted by atomic mass is 32.2. The number of carbonyl (C=O) groups is 2. The van der Waals surface area contributed by atoms with E-state index in [4.69, 9.17) is 0 Å². The third kappa shape index (κ3) is 4.39. The number of amides is 2. The second-order valence-electron chi connectivity index (χ2n) is 9.36. The molecule has 1 unspecified atom stereocenters. The largest absolute Gasteiger partial charge is 0.325 e. The van der Waals surface area contributed by atoms with Gasteiger partial charge >= 0.3 is 0 Å². The first-order chi connectivity index (χ1) is 15.5. The molecule has 0 spiro atoms. The second kappa shape index (κ2) is 8.53. The number of sulfonamides is 1. The van der Waals surface area contributed by atoms with Gasteiger partial charge in [0.1, 0.15) is 12.4 Å². The highest BCUT2D eigenvalue weighted by molar-refractivity contribution is 7.89. The van der Waals surface area contributed by atoms with E-state index < -0.39 is 27.2 Å². The van der Waals surface area contributed by atoms with Gasteiger partial charge in [-0.25, -0.2) is 12.8 Å². The van der Waals surface area contributed by atoms with Crippen LogP contribution in [-0.4, -0.2) is 44.2 Å². The number of hydrogen-bond acceptors (Lipinski definition) is 4. The summed E-state index contributed by atoms with van der Waals surface area (Å²) in [5, 5.41) is 2.66. The van der Waals surface area contributed by atoms with Crippen LogP contribution in [0.1, 0.15) is 39.2 Å². The molecule has 2 aromatic rings. The maximum Gasteiger partial charge on any atom is 0.244 e. The lowest BCUT2D eigenvalue weighted by atomic mass is 9.86. The smallest absolute Gasteiger partial charge is 0.244 e. The van der Waals surface area contributed by atoms with Gasteiger partial charge in [0.2, 0.25) is 21.8 Å². The number of carbonyl (C=O) groups excluding carboxylic acids is 2. The van der Waals surface area contributed by atoms with Crippen molar-refractivity contribution >= 4 is 33.2 Å². The third-order valence-corrected chi connectivity index (χ3v) is 8.26. The fraction of sp³-hybridized carbons (Fsp3) is 0.417. The van der Waals surface area contributed by atoms with E-state index in [9.17, 15) is 22.4 Å². The molecule has 1 N–H and O–H groups in total. The van der Waals surface area contributed by atoms with Gasteiger partial charge in [-0.15, -0.1) is 0 Å². The molecule has 2 aliphatic heterocycles. The summed E-state index contributed by atoms with van der Waals surface area (Å²) in [6, 6.07) is 10.0. The topological polar surface area (TPSA) is 86.8 Å². The summed E-state index contributed by atoms with van der Waals surface area (Å²) in [4.78, 5) is 27.3. The van der Waals surface area contributed by atoms with Gasteiger partial charge in [0, 0.05) is 24.5 Å². The molecule has 0 aromatic heterocycles. The molecule has 1 atom stereocenters. The van der Waals surface area contributed by atoms with Crippen molar-refractivity contribution in [1.82, 2.24) is 4.31 Å². The fourth-order valence-electron chi connectivity index (χ4n) is 4.52. The molecule has 33 heavy (non-hydrogen) atoms. The molecule has 0 bridgehead atoms. The van der Waals surface area contributed by atoms with E-state index in [1.807, 2.05) is 6.92 Å². The predicted molar refractivity (Wildman–Crippen MR) is 124 cm³/mol.